The second kappa shape index (κ2) is 4.31. The standard InChI is InChI=1S/C7H9O/c1-3-5-7(4-2)6-8/h3-4,7H,1-2,5H2. The molecule has 0 aromatic carbocycles. The Morgan fingerprint density at radius 2 is 2.25 bits per heavy atom. The molecule has 1 radical (unpaired) electrons. The summed E-state index contributed by atoms with van der Waals surface area (Å²) in [6.45, 7) is 6.91. The molecule has 0 aliphatic carbocycles. The van der Waals surface area contributed by atoms with Gasteiger partial charge in [-0.25, -0.2) is 0 Å². The van der Waals surface area contributed by atoms with Crippen LogP contribution in [0.15, 0.2) is 25.3 Å². The van der Waals surface area contributed by atoms with E-state index in [4.69, 9.17) is 0 Å². The lowest BCUT2D eigenvalue weighted by atomic mass is 10.1. The van der Waals surface area contributed by atoms with E-state index in [1.807, 2.05) is 6.29 Å². The first-order valence-corrected chi connectivity index (χ1v) is 2.46. The van der Waals surface area contributed by atoms with Crippen LogP contribution >= 0.6 is 0 Å². The quantitative estimate of drug-likeness (QED) is 0.500. The number of rotatable bonds is 4. The second-order valence-corrected chi connectivity index (χ2v) is 1.48. The van der Waals surface area contributed by atoms with Crippen molar-refractivity contribution in [3.8, 4) is 0 Å². The van der Waals surface area contributed by atoms with Crippen molar-refractivity contribution < 1.29 is 4.79 Å². The van der Waals surface area contributed by atoms with Gasteiger partial charge in [0.15, 0.2) is 0 Å². The maximum Gasteiger partial charge on any atom is 0.206 e. The second-order valence-electron chi connectivity index (χ2n) is 1.48. The molecule has 0 bridgehead atoms. The summed E-state index contributed by atoms with van der Waals surface area (Å²) in [5, 5.41) is 0. The van der Waals surface area contributed by atoms with Gasteiger partial charge in [-0.05, 0) is 6.42 Å². The molecule has 0 amide bonds. The first-order valence-electron chi connectivity index (χ1n) is 2.46. The average Bonchev–Trinajstić information content (AvgIpc) is 1.83. The van der Waals surface area contributed by atoms with Gasteiger partial charge in [-0.3, -0.25) is 4.79 Å². The Hall–Kier alpha value is -0.850. The molecule has 0 spiro atoms. The zero-order chi connectivity index (χ0) is 6.41. The molecule has 0 saturated carbocycles. The van der Waals surface area contributed by atoms with Gasteiger partial charge in [0, 0.05) is 5.92 Å². The lowest BCUT2D eigenvalue weighted by molar-refractivity contribution is 0.539. The van der Waals surface area contributed by atoms with Crippen LogP contribution in [0.4, 0.5) is 0 Å². The lowest BCUT2D eigenvalue weighted by Crippen LogP contribution is -1.93. The molecule has 0 aliphatic rings. The van der Waals surface area contributed by atoms with Crippen LogP contribution in [0.2, 0.25) is 0 Å². The fourth-order valence-electron chi connectivity index (χ4n) is 0.372. The predicted molar refractivity (Wildman–Crippen MR) is 34.2 cm³/mol. The minimum Gasteiger partial charge on any atom is -0.290 e. The Morgan fingerprint density at radius 1 is 1.62 bits per heavy atom. The Labute approximate surface area is 49.7 Å². The first kappa shape index (κ1) is 7.15. The van der Waals surface area contributed by atoms with Gasteiger partial charge in [0.05, 0.1) is 0 Å². The van der Waals surface area contributed by atoms with Gasteiger partial charge in [-0.15, -0.1) is 13.2 Å². The van der Waals surface area contributed by atoms with Crippen molar-refractivity contribution in [3.63, 3.8) is 0 Å². The number of hydrogen-bond donors (Lipinski definition) is 0. The summed E-state index contributed by atoms with van der Waals surface area (Å²) >= 11 is 0. The van der Waals surface area contributed by atoms with Gasteiger partial charge >= 0.3 is 0 Å². The molecule has 0 aliphatic heterocycles. The van der Waals surface area contributed by atoms with E-state index in [0.717, 1.165) is 0 Å². The van der Waals surface area contributed by atoms with Crippen molar-refractivity contribution in [3.05, 3.63) is 25.3 Å². The normalized spacial score (nSPS) is 12.0. The number of allylic oxidation sites excluding steroid dienone is 2. The van der Waals surface area contributed by atoms with Gasteiger partial charge in [-0.2, -0.15) is 0 Å². The smallest absolute Gasteiger partial charge is 0.206 e. The monoisotopic (exact) mass is 109 g/mol. The first-order chi connectivity index (χ1) is 3.85. The summed E-state index contributed by atoms with van der Waals surface area (Å²) in [4.78, 5) is 9.88. The molecular weight excluding hydrogens is 100 g/mol. The molecule has 0 rings (SSSR count). The van der Waals surface area contributed by atoms with Crippen LogP contribution in [0.5, 0.6) is 0 Å². The van der Waals surface area contributed by atoms with Crippen molar-refractivity contribution in [2.75, 3.05) is 0 Å². The molecule has 0 aromatic heterocycles. The molecule has 0 N–H and O–H groups in total. The third kappa shape index (κ3) is 2.35. The zero-order valence-electron chi connectivity index (χ0n) is 4.76. The van der Waals surface area contributed by atoms with Gasteiger partial charge in [-0.1, -0.05) is 12.2 Å². The van der Waals surface area contributed by atoms with E-state index in [1.54, 1.807) is 12.2 Å². The van der Waals surface area contributed by atoms with E-state index in [2.05, 4.69) is 13.2 Å². The van der Waals surface area contributed by atoms with E-state index in [1.165, 1.54) is 0 Å². The Kier molecular flexibility index (Phi) is 3.85. The minimum absolute atomic E-state index is 0.160. The number of carbonyl (C=O) groups excluding carboxylic acids is 1. The third-order valence-corrected chi connectivity index (χ3v) is 0.856. The van der Waals surface area contributed by atoms with E-state index < -0.39 is 0 Å². The van der Waals surface area contributed by atoms with Crippen molar-refractivity contribution >= 4 is 6.29 Å². The Bertz CT molecular complexity index is 86.6. The predicted octanol–water partition coefficient (Wildman–Crippen LogP) is 1.47. The van der Waals surface area contributed by atoms with Gasteiger partial charge < -0.3 is 0 Å². The largest absolute Gasteiger partial charge is 0.290 e. The average molecular weight is 109 g/mol. The molecule has 0 saturated heterocycles. The van der Waals surface area contributed by atoms with E-state index >= 15 is 0 Å². The summed E-state index contributed by atoms with van der Waals surface area (Å²) < 4.78 is 0. The minimum atomic E-state index is -0.160. The van der Waals surface area contributed by atoms with Crippen LogP contribution in [-0.4, -0.2) is 6.29 Å². The molecule has 0 fully saturated rings. The van der Waals surface area contributed by atoms with Crippen LogP contribution in [0, 0.1) is 5.92 Å². The Morgan fingerprint density at radius 3 is 2.38 bits per heavy atom. The fourth-order valence-corrected chi connectivity index (χ4v) is 0.372. The summed E-state index contributed by atoms with van der Waals surface area (Å²) in [7, 11) is 0. The lowest BCUT2D eigenvalue weighted by Gasteiger charge is -1.93. The molecule has 43 valence electrons. The molecular formula is C7H9O. The SMILES string of the molecule is C=CCC([C]=O)C=C. The highest BCUT2D eigenvalue weighted by Gasteiger charge is 1.96. The molecule has 1 heteroatoms. The van der Waals surface area contributed by atoms with Crippen molar-refractivity contribution in [2.45, 2.75) is 6.42 Å². The van der Waals surface area contributed by atoms with Crippen LogP contribution in [0.25, 0.3) is 0 Å². The maximum absolute atomic E-state index is 9.88. The van der Waals surface area contributed by atoms with Crippen LogP contribution in [0.3, 0.4) is 0 Å². The molecule has 0 heterocycles. The van der Waals surface area contributed by atoms with Crippen molar-refractivity contribution in [2.24, 2.45) is 5.92 Å². The fraction of sp³-hybridized carbons (Fsp3) is 0.286. The highest BCUT2D eigenvalue weighted by atomic mass is 16.1. The summed E-state index contributed by atoms with van der Waals surface area (Å²) in [5.74, 6) is -0.160. The topological polar surface area (TPSA) is 17.1 Å². The van der Waals surface area contributed by atoms with Crippen molar-refractivity contribution in [1.82, 2.24) is 0 Å². The van der Waals surface area contributed by atoms with E-state index in [9.17, 15) is 4.79 Å². The highest BCUT2D eigenvalue weighted by Crippen LogP contribution is 1.98. The van der Waals surface area contributed by atoms with Gasteiger partial charge in [0.2, 0.25) is 6.29 Å². The van der Waals surface area contributed by atoms with Crippen LogP contribution in [0.1, 0.15) is 6.42 Å². The summed E-state index contributed by atoms with van der Waals surface area (Å²) in [5.41, 5.74) is 0. The summed E-state index contributed by atoms with van der Waals surface area (Å²) in [6.07, 6.45) is 5.70. The maximum atomic E-state index is 9.88. The van der Waals surface area contributed by atoms with Crippen molar-refractivity contribution in [1.29, 1.82) is 0 Å². The molecule has 1 nitrogen and oxygen atoms in total. The van der Waals surface area contributed by atoms with E-state index in [0.29, 0.717) is 6.42 Å². The van der Waals surface area contributed by atoms with Gasteiger partial charge in [0.25, 0.3) is 0 Å². The third-order valence-electron chi connectivity index (χ3n) is 0.856. The summed E-state index contributed by atoms with van der Waals surface area (Å²) in [6, 6.07) is 0. The number of hydrogen-bond acceptors (Lipinski definition) is 1. The van der Waals surface area contributed by atoms with Gasteiger partial charge in [0.1, 0.15) is 0 Å². The van der Waals surface area contributed by atoms with Crippen LogP contribution in [-0.2, 0) is 4.79 Å². The molecule has 1 atom stereocenters. The zero-order valence-corrected chi connectivity index (χ0v) is 4.76. The highest BCUT2D eigenvalue weighted by molar-refractivity contribution is 5.57. The molecule has 0 aromatic rings. The molecule has 8 heavy (non-hydrogen) atoms. The van der Waals surface area contributed by atoms with E-state index in [-0.39, 0.29) is 5.92 Å². The molecule has 1 unspecified atom stereocenters. The van der Waals surface area contributed by atoms with Crippen LogP contribution < -0.4 is 0 Å². The Balaban J connectivity index is 3.50.